The van der Waals surface area contributed by atoms with E-state index in [-0.39, 0.29) is 33.1 Å². The van der Waals surface area contributed by atoms with Crippen LogP contribution < -0.4 is 15.5 Å². The van der Waals surface area contributed by atoms with Gasteiger partial charge in [-0.15, -0.1) is 0 Å². The van der Waals surface area contributed by atoms with Crippen molar-refractivity contribution in [2.24, 2.45) is 0 Å². The van der Waals surface area contributed by atoms with Crippen molar-refractivity contribution < 1.29 is 36.6 Å². The van der Waals surface area contributed by atoms with Gasteiger partial charge < -0.3 is 15.7 Å². The summed E-state index contributed by atoms with van der Waals surface area (Å²) in [4.78, 5) is 27.7. The molecule has 0 unspecified atom stereocenters. The molecule has 2 atom stereocenters. The zero-order valence-electron chi connectivity index (χ0n) is 23.9. The largest absolute Gasteiger partial charge is 0.423 e. The molecular formula is C31H22ClF5N6O3. The number of urea groups is 1. The Kier molecular flexibility index (Phi) is 7.10. The molecule has 9 nitrogen and oxygen atoms in total. The predicted molar refractivity (Wildman–Crippen MR) is 156 cm³/mol. The number of benzene rings is 3. The molecule has 2 aliphatic heterocycles. The second-order valence-electron chi connectivity index (χ2n) is 11.4. The topological polar surface area (TPSA) is 123 Å². The molecule has 0 saturated heterocycles. The maximum atomic E-state index is 14.3. The number of aromatic nitrogens is 2. The van der Waals surface area contributed by atoms with Crippen molar-refractivity contribution >= 4 is 34.9 Å². The van der Waals surface area contributed by atoms with E-state index >= 15 is 0 Å². The highest BCUT2D eigenvalue weighted by Gasteiger charge is 2.61. The Morgan fingerprint density at radius 2 is 1.83 bits per heavy atom. The van der Waals surface area contributed by atoms with Crippen LogP contribution in [0.5, 0.6) is 0 Å². The van der Waals surface area contributed by atoms with Crippen molar-refractivity contribution in [2.45, 2.75) is 37.2 Å². The highest BCUT2D eigenvalue weighted by molar-refractivity contribution is 6.31. The van der Waals surface area contributed by atoms with Gasteiger partial charge in [0.15, 0.2) is 0 Å². The van der Waals surface area contributed by atoms with Crippen LogP contribution in [0, 0.1) is 23.0 Å². The third-order valence-electron chi connectivity index (χ3n) is 8.06. The van der Waals surface area contributed by atoms with E-state index in [9.17, 15) is 41.9 Å². The number of hydrogen-bond acceptors (Lipinski definition) is 5. The minimum atomic E-state index is -5.27. The lowest BCUT2D eigenvalue weighted by molar-refractivity contribution is -0.258. The van der Waals surface area contributed by atoms with E-state index in [0.717, 1.165) is 24.3 Å². The summed E-state index contributed by atoms with van der Waals surface area (Å²) in [5.74, 6) is -2.33. The van der Waals surface area contributed by atoms with Gasteiger partial charge in [0, 0.05) is 44.7 Å². The molecule has 0 fully saturated rings. The second kappa shape index (κ2) is 10.5. The highest BCUT2D eigenvalue weighted by atomic mass is 35.5. The number of hydrogen-bond donors (Lipinski definition) is 3. The Morgan fingerprint density at radius 3 is 2.52 bits per heavy atom. The summed E-state index contributed by atoms with van der Waals surface area (Å²) in [5.41, 5.74) is -4.79. The van der Waals surface area contributed by atoms with E-state index < -0.39 is 59.0 Å². The maximum absolute atomic E-state index is 14.3. The summed E-state index contributed by atoms with van der Waals surface area (Å²) in [5, 5.41) is 29.8. The fraction of sp³-hybridized carbons (Fsp3) is 0.226. The second-order valence-corrected chi connectivity index (χ2v) is 11.8. The molecule has 1 aromatic heterocycles. The summed E-state index contributed by atoms with van der Waals surface area (Å²) < 4.78 is 71.9. The number of nitriles is 1. The number of nitrogens with zero attached hydrogens (tertiary/aromatic N) is 4. The van der Waals surface area contributed by atoms with E-state index in [1.807, 2.05) is 0 Å². The monoisotopic (exact) mass is 656 g/mol. The minimum absolute atomic E-state index is 0.0427. The zero-order chi connectivity index (χ0) is 33.3. The number of halogens is 6. The normalized spacial score (nSPS) is 19.0. The van der Waals surface area contributed by atoms with Gasteiger partial charge in [-0.25, -0.2) is 13.6 Å². The van der Waals surface area contributed by atoms with Crippen LogP contribution in [0.3, 0.4) is 0 Å². The lowest BCUT2D eigenvalue weighted by Gasteiger charge is -2.27. The molecule has 0 saturated carbocycles. The van der Waals surface area contributed by atoms with Crippen molar-refractivity contribution in [3.63, 3.8) is 0 Å². The number of aliphatic hydroxyl groups is 1. The Morgan fingerprint density at radius 1 is 1.13 bits per heavy atom. The number of rotatable bonds is 4. The maximum Gasteiger partial charge on any atom is 0.423 e. The molecule has 236 valence electrons. The van der Waals surface area contributed by atoms with Crippen LogP contribution in [-0.4, -0.2) is 39.5 Å². The number of β-amino-alcohol motifs (C(OH)–C–C–N with tert-alkyl or cyclic N) is 1. The SMILES string of the molecule is CC(C)(C#N)n1cc(-c2cc(NC(=O)N3C[C@@](O)(C(F)(F)F)c4cc(F)ccc43)c3c(c2)C(=O)N[C@H]3c2cc(F)ccc2Cl)cn1. The van der Waals surface area contributed by atoms with Crippen LogP contribution in [0.1, 0.15) is 46.9 Å². The van der Waals surface area contributed by atoms with E-state index in [0.29, 0.717) is 22.1 Å². The summed E-state index contributed by atoms with van der Waals surface area (Å²) in [6.45, 7) is 1.97. The number of alkyl halides is 3. The molecule has 0 aliphatic carbocycles. The van der Waals surface area contributed by atoms with Crippen LogP contribution in [0.25, 0.3) is 11.1 Å². The molecule has 15 heteroatoms. The smallest absolute Gasteiger partial charge is 0.375 e. The first kappa shape index (κ1) is 31.0. The lowest BCUT2D eigenvalue weighted by atomic mass is 9.93. The standard InChI is InChI=1S/C31H22ClF5N6O3/c1-29(2,13-38)43-12-16(11-39-43)15-7-20-25(26(41-27(20)44)19-9-17(33)3-5-22(19)32)23(8-15)40-28(45)42-14-30(46,31(35,36)37)21-10-18(34)4-6-24(21)42/h3-12,26,46H,14H2,1-2H3,(H,40,45)(H,41,44)/t26-,30-/m0/s1. The summed E-state index contributed by atoms with van der Waals surface area (Å²) in [7, 11) is 0. The van der Waals surface area contributed by atoms with Gasteiger partial charge in [0.1, 0.15) is 17.2 Å². The number of carbonyl (C=O) groups is 2. The molecule has 3 N–H and O–H groups in total. The Hall–Kier alpha value is -5.00. The first-order valence-electron chi connectivity index (χ1n) is 13.6. The average Bonchev–Trinajstić information content (AvgIpc) is 3.70. The lowest BCUT2D eigenvalue weighted by Crippen LogP contribution is -2.48. The molecule has 0 bridgehead atoms. The first-order chi connectivity index (χ1) is 21.5. The van der Waals surface area contributed by atoms with Gasteiger partial charge in [0.05, 0.1) is 30.5 Å². The average molecular weight is 657 g/mol. The van der Waals surface area contributed by atoms with Crippen LogP contribution in [0.15, 0.2) is 60.9 Å². The summed E-state index contributed by atoms with van der Waals surface area (Å²) >= 11 is 6.37. The Bertz CT molecular complexity index is 1990. The third kappa shape index (κ3) is 4.92. The number of amides is 3. The minimum Gasteiger partial charge on any atom is -0.375 e. The summed E-state index contributed by atoms with van der Waals surface area (Å²) in [6, 6.07) is 8.63. The van der Waals surface area contributed by atoms with E-state index in [1.54, 1.807) is 20.0 Å². The van der Waals surface area contributed by atoms with Gasteiger partial charge in [-0.05, 0) is 67.9 Å². The molecule has 4 aromatic rings. The van der Waals surface area contributed by atoms with E-state index in [1.165, 1.54) is 29.1 Å². The first-order valence-corrected chi connectivity index (χ1v) is 14.0. The number of fused-ring (bicyclic) bond motifs is 2. The van der Waals surface area contributed by atoms with Crippen LogP contribution in [0.4, 0.5) is 38.1 Å². The molecule has 6 rings (SSSR count). The fourth-order valence-electron chi connectivity index (χ4n) is 5.58. The van der Waals surface area contributed by atoms with Gasteiger partial charge in [0.25, 0.3) is 5.91 Å². The quantitative estimate of drug-likeness (QED) is 0.220. The van der Waals surface area contributed by atoms with Crippen molar-refractivity contribution in [1.29, 1.82) is 5.26 Å². The molecule has 0 radical (unpaired) electrons. The van der Waals surface area contributed by atoms with Crippen LogP contribution >= 0.6 is 11.6 Å². The molecule has 0 spiro atoms. The number of carbonyl (C=O) groups excluding carboxylic acids is 2. The molecule has 46 heavy (non-hydrogen) atoms. The van der Waals surface area contributed by atoms with E-state index in [2.05, 4.69) is 21.8 Å². The fourth-order valence-corrected chi connectivity index (χ4v) is 5.81. The van der Waals surface area contributed by atoms with Gasteiger partial charge in [-0.1, -0.05) is 11.6 Å². The van der Waals surface area contributed by atoms with Gasteiger partial charge >= 0.3 is 12.2 Å². The summed E-state index contributed by atoms with van der Waals surface area (Å²) in [6.07, 6.45) is -2.30. The highest BCUT2D eigenvalue weighted by Crippen LogP contribution is 2.49. The van der Waals surface area contributed by atoms with Gasteiger partial charge in [-0.2, -0.15) is 23.5 Å². The van der Waals surface area contributed by atoms with Crippen molar-refractivity contribution in [3.05, 3.63) is 99.8 Å². The van der Waals surface area contributed by atoms with E-state index in [4.69, 9.17) is 11.6 Å². The molecule has 3 heterocycles. The third-order valence-corrected chi connectivity index (χ3v) is 8.40. The molecule has 3 amide bonds. The molecular weight excluding hydrogens is 635 g/mol. The van der Waals surface area contributed by atoms with Crippen LogP contribution in [0.2, 0.25) is 5.02 Å². The van der Waals surface area contributed by atoms with Crippen LogP contribution in [-0.2, 0) is 11.1 Å². The van der Waals surface area contributed by atoms with Crippen molar-refractivity contribution in [3.8, 4) is 17.2 Å². The van der Waals surface area contributed by atoms with Gasteiger partial charge in [-0.3, -0.25) is 14.4 Å². The Balaban J connectivity index is 1.48. The predicted octanol–water partition coefficient (Wildman–Crippen LogP) is 6.38. The zero-order valence-corrected chi connectivity index (χ0v) is 24.6. The molecule has 2 aliphatic rings. The number of anilines is 2. The molecule has 3 aromatic carbocycles. The Labute approximate surface area is 262 Å². The number of nitrogens with one attached hydrogen (secondary N) is 2. The van der Waals surface area contributed by atoms with Crippen molar-refractivity contribution in [1.82, 2.24) is 15.1 Å². The van der Waals surface area contributed by atoms with Crippen molar-refractivity contribution in [2.75, 3.05) is 16.8 Å². The van der Waals surface area contributed by atoms with Gasteiger partial charge in [0.2, 0.25) is 5.60 Å².